The van der Waals surface area contributed by atoms with Crippen molar-refractivity contribution in [3.8, 4) is 0 Å². The summed E-state index contributed by atoms with van der Waals surface area (Å²) in [5.41, 5.74) is 5.57. The highest BCUT2D eigenvalue weighted by Crippen LogP contribution is 2.18. The predicted molar refractivity (Wildman–Crippen MR) is 64.8 cm³/mol. The summed E-state index contributed by atoms with van der Waals surface area (Å²) in [5, 5.41) is 0. The Morgan fingerprint density at radius 1 is 1.17 bits per heavy atom. The fourth-order valence-electron chi connectivity index (χ4n) is 1.53. The smallest absolute Gasteiger partial charge is 0.000463 e. The molecule has 0 aromatic rings. The van der Waals surface area contributed by atoms with E-state index in [2.05, 4.69) is 29.5 Å². The van der Waals surface area contributed by atoms with Gasteiger partial charge in [-0.2, -0.15) is 0 Å². The van der Waals surface area contributed by atoms with Gasteiger partial charge in [0.25, 0.3) is 0 Å². The fraction of sp³-hybridized carbons (Fsp3) is 1.00. The molecule has 0 aromatic carbocycles. The lowest BCUT2D eigenvalue weighted by Crippen LogP contribution is -2.09. The van der Waals surface area contributed by atoms with Crippen LogP contribution in [-0.4, -0.2) is 11.0 Å². The van der Waals surface area contributed by atoms with Crippen molar-refractivity contribution in [2.24, 2.45) is 11.7 Å². The van der Waals surface area contributed by atoms with Gasteiger partial charge < -0.3 is 5.73 Å². The first-order valence-corrected chi connectivity index (χ1v) is 6.63. The topological polar surface area (TPSA) is 26.0 Å². The maximum atomic E-state index is 5.57. The molecule has 0 bridgehead atoms. The van der Waals surface area contributed by atoms with E-state index in [-0.39, 0.29) is 0 Å². The zero-order valence-corrected chi connectivity index (χ0v) is 10.3. The molecule has 0 amide bonds. The van der Waals surface area contributed by atoms with Crippen molar-refractivity contribution in [2.45, 2.75) is 45.4 Å². The highest BCUT2D eigenvalue weighted by Gasteiger charge is 2.05. The van der Waals surface area contributed by atoms with Crippen LogP contribution in [0.1, 0.15) is 45.4 Å². The molecule has 1 atom stereocenters. The molecule has 0 fully saturated rings. The Kier molecular flexibility index (Phi) is 10.3. The van der Waals surface area contributed by atoms with Gasteiger partial charge in [-0.05, 0) is 36.2 Å². The van der Waals surface area contributed by atoms with Crippen molar-refractivity contribution in [1.82, 2.24) is 0 Å². The van der Waals surface area contributed by atoms with Gasteiger partial charge in [-0.25, -0.2) is 0 Å². The van der Waals surface area contributed by atoms with Gasteiger partial charge in [0.15, 0.2) is 0 Å². The molecule has 0 aliphatic carbocycles. The van der Waals surface area contributed by atoms with Crippen LogP contribution in [0, 0.1) is 5.92 Å². The second-order valence-electron chi connectivity index (χ2n) is 3.42. The van der Waals surface area contributed by atoms with E-state index in [1.807, 2.05) is 0 Å². The molecule has 0 aliphatic heterocycles. The van der Waals surface area contributed by atoms with Crippen LogP contribution < -0.4 is 5.73 Å². The Balaban J connectivity index is 3.40. The number of hydrogen-bond acceptors (Lipinski definition) is 1. The third kappa shape index (κ3) is 7.35. The van der Waals surface area contributed by atoms with Crippen molar-refractivity contribution in [3.63, 3.8) is 0 Å². The van der Waals surface area contributed by atoms with Crippen LogP contribution in [0.25, 0.3) is 0 Å². The van der Waals surface area contributed by atoms with Gasteiger partial charge >= 0.3 is 0 Å². The van der Waals surface area contributed by atoms with Gasteiger partial charge in [-0.1, -0.05) is 48.8 Å². The minimum Gasteiger partial charge on any atom is -0.330 e. The molecule has 1 nitrogen and oxygen atoms in total. The Labute approximate surface area is 90.6 Å². The van der Waals surface area contributed by atoms with E-state index in [4.69, 9.17) is 5.73 Å². The zero-order valence-electron chi connectivity index (χ0n) is 8.19. The maximum absolute atomic E-state index is 5.57. The molecule has 2 heteroatoms. The van der Waals surface area contributed by atoms with Crippen LogP contribution in [-0.2, 0) is 0 Å². The maximum Gasteiger partial charge on any atom is -0.000463 e. The van der Waals surface area contributed by atoms with E-state index >= 15 is 0 Å². The van der Waals surface area contributed by atoms with Gasteiger partial charge in [0.1, 0.15) is 0 Å². The van der Waals surface area contributed by atoms with Crippen LogP contribution in [0.3, 0.4) is 0 Å². The molecule has 0 saturated heterocycles. The van der Waals surface area contributed by atoms with Crippen molar-refractivity contribution in [1.29, 1.82) is 0 Å². The molecule has 1 unspecified atom stereocenters. The van der Waals surface area contributed by atoms with Crippen LogP contribution in [0.5, 0.6) is 0 Å². The summed E-state index contributed by atoms with van der Waals surface area (Å²) in [7, 11) is 0. The summed E-state index contributed by atoms with van der Waals surface area (Å²) in [4.78, 5) is 0. The van der Waals surface area contributed by atoms with Crippen molar-refractivity contribution in [3.05, 3.63) is 0 Å². The van der Waals surface area contributed by atoms with Crippen LogP contribution in [0.2, 0.25) is 0 Å². The SMILES string of the molecule is CCCCC(CCN)CCCI. The first-order valence-electron chi connectivity index (χ1n) is 5.11. The standard InChI is InChI=1S/C10H22IN/c1-2-3-5-10(7-9-12)6-4-8-11/h10H,2-9,12H2,1H3. The van der Waals surface area contributed by atoms with Crippen LogP contribution in [0.15, 0.2) is 0 Å². The summed E-state index contributed by atoms with van der Waals surface area (Å²) in [6, 6.07) is 0. The average molecular weight is 283 g/mol. The molecule has 74 valence electrons. The number of alkyl halides is 1. The second kappa shape index (κ2) is 9.78. The van der Waals surface area contributed by atoms with Crippen LogP contribution in [0.4, 0.5) is 0 Å². The number of hydrogen-bond donors (Lipinski definition) is 1. The number of halogens is 1. The van der Waals surface area contributed by atoms with E-state index in [0.717, 1.165) is 12.5 Å². The first kappa shape index (κ1) is 12.7. The summed E-state index contributed by atoms with van der Waals surface area (Å²) >= 11 is 2.46. The molecule has 0 radical (unpaired) electrons. The summed E-state index contributed by atoms with van der Waals surface area (Å²) in [5.74, 6) is 0.907. The third-order valence-electron chi connectivity index (χ3n) is 2.29. The zero-order chi connectivity index (χ0) is 9.23. The average Bonchev–Trinajstić information content (AvgIpc) is 2.10. The lowest BCUT2D eigenvalue weighted by atomic mass is 9.94. The Morgan fingerprint density at radius 2 is 1.83 bits per heavy atom. The molecule has 0 saturated carbocycles. The molecule has 0 spiro atoms. The van der Waals surface area contributed by atoms with Gasteiger partial charge in [-0.15, -0.1) is 0 Å². The third-order valence-corrected chi connectivity index (χ3v) is 3.05. The lowest BCUT2D eigenvalue weighted by Gasteiger charge is -2.14. The monoisotopic (exact) mass is 283 g/mol. The van der Waals surface area contributed by atoms with E-state index in [1.165, 1.54) is 43.0 Å². The van der Waals surface area contributed by atoms with Gasteiger partial charge in [0.2, 0.25) is 0 Å². The molecule has 0 aromatic heterocycles. The van der Waals surface area contributed by atoms with Crippen molar-refractivity contribution in [2.75, 3.05) is 11.0 Å². The van der Waals surface area contributed by atoms with Gasteiger partial charge in [0.05, 0.1) is 0 Å². The summed E-state index contributed by atoms with van der Waals surface area (Å²) in [6.07, 6.45) is 8.09. The lowest BCUT2D eigenvalue weighted by molar-refractivity contribution is 0.409. The van der Waals surface area contributed by atoms with E-state index in [1.54, 1.807) is 0 Å². The van der Waals surface area contributed by atoms with E-state index in [0.29, 0.717) is 0 Å². The molecule has 12 heavy (non-hydrogen) atoms. The first-order chi connectivity index (χ1) is 5.85. The number of unbranched alkanes of at least 4 members (excludes halogenated alkanes) is 1. The molecule has 0 aliphatic rings. The summed E-state index contributed by atoms with van der Waals surface area (Å²) in [6.45, 7) is 3.13. The van der Waals surface area contributed by atoms with Gasteiger partial charge in [0, 0.05) is 0 Å². The van der Waals surface area contributed by atoms with Crippen LogP contribution >= 0.6 is 22.6 Å². The van der Waals surface area contributed by atoms with E-state index < -0.39 is 0 Å². The Bertz CT molecular complexity index is 77.9. The van der Waals surface area contributed by atoms with Crippen molar-refractivity contribution >= 4 is 22.6 Å². The molecule has 0 heterocycles. The van der Waals surface area contributed by atoms with Gasteiger partial charge in [-0.3, -0.25) is 0 Å². The minimum atomic E-state index is 0.871. The fourth-order valence-corrected chi connectivity index (χ4v) is 1.97. The molecule has 0 rings (SSSR count). The number of rotatable bonds is 8. The van der Waals surface area contributed by atoms with E-state index in [9.17, 15) is 0 Å². The molecular weight excluding hydrogens is 261 g/mol. The second-order valence-corrected chi connectivity index (χ2v) is 4.50. The number of nitrogens with two attached hydrogens (primary N) is 1. The normalized spacial score (nSPS) is 13.2. The van der Waals surface area contributed by atoms with Crippen molar-refractivity contribution < 1.29 is 0 Å². The Hall–Kier alpha value is 0.690. The highest BCUT2D eigenvalue weighted by molar-refractivity contribution is 14.1. The quantitative estimate of drug-likeness (QED) is 0.536. The molecule has 2 N–H and O–H groups in total. The summed E-state index contributed by atoms with van der Waals surface area (Å²) < 4.78 is 1.30. The molecular formula is C10H22IN. The predicted octanol–water partition coefficient (Wildman–Crippen LogP) is 3.36. The highest BCUT2D eigenvalue weighted by atomic mass is 127. The largest absolute Gasteiger partial charge is 0.330 e. The minimum absolute atomic E-state index is 0.871. The Morgan fingerprint density at radius 3 is 2.33 bits per heavy atom.